The van der Waals surface area contributed by atoms with Crippen LogP contribution in [0.5, 0.6) is 5.75 Å². The van der Waals surface area contributed by atoms with Crippen LogP contribution in [0.4, 0.5) is 0 Å². The zero-order valence-corrected chi connectivity index (χ0v) is 20.5. The molecule has 2 aromatic rings. The molecule has 5 N–H and O–H groups in total. The second-order valence-electron chi connectivity index (χ2n) is 8.80. The van der Waals surface area contributed by atoms with Gasteiger partial charge < -0.3 is 20.4 Å². The molecule has 7 heteroatoms. The Labute approximate surface area is 197 Å². The van der Waals surface area contributed by atoms with E-state index in [1.165, 1.54) is 0 Å². The molecule has 0 saturated heterocycles. The van der Waals surface area contributed by atoms with Crippen molar-refractivity contribution in [1.29, 1.82) is 0 Å². The van der Waals surface area contributed by atoms with E-state index in [0.717, 1.165) is 58.7 Å². The third-order valence-electron chi connectivity index (χ3n) is 5.12. The summed E-state index contributed by atoms with van der Waals surface area (Å²) in [5.74, 6) is 7.13. The van der Waals surface area contributed by atoms with Gasteiger partial charge in [-0.1, -0.05) is 33.8 Å². The summed E-state index contributed by atoms with van der Waals surface area (Å²) in [6.45, 7) is 14.8. The molecule has 7 nitrogen and oxygen atoms in total. The summed E-state index contributed by atoms with van der Waals surface area (Å²) < 4.78 is 5.89. The predicted molar refractivity (Wildman–Crippen MR) is 134 cm³/mol. The van der Waals surface area contributed by atoms with Gasteiger partial charge in [-0.2, -0.15) is 5.90 Å². The van der Waals surface area contributed by atoms with E-state index in [4.69, 9.17) is 21.2 Å². The summed E-state index contributed by atoms with van der Waals surface area (Å²) in [5, 5.41) is 9.78. The molecule has 0 fully saturated rings. The maximum Gasteiger partial charge on any atom is 0.245 e. The molecule has 1 aromatic carbocycles. The number of pyridine rings is 1. The van der Waals surface area contributed by atoms with Gasteiger partial charge in [0.25, 0.3) is 0 Å². The fraction of sp³-hybridized carbons (Fsp3) is 0.462. The molecular formula is C26H38N4O3. The molecule has 0 radical (unpaired) electrons. The minimum absolute atomic E-state index is 0.151. The van der Waals surface area contributed by atoms with Crippen LogP contribution in [0.25, 0.3) is 5.70 Å². The second-order valence-corrected chi connectivity index (χ2v) is 8.80. The minimum Gasteiger partial charge on any atom is -0.490 e. The van der Waals surface area contributed by atoms with E-state index in [2.05, 4.69) is 37.3 Å². The number of aryl methyl sites for hydroxylation is 3. The largest absolute Gasteiger partial charge is 0.490 e. The number of hydrogen-bond donors (Lipinski definition) is 3. The summed E-state index contributed by atoms with van der Waals surface area (Å²) in [6, 6.07) is 7.84. The highest BCUT2D eigenvalue weighted by atomic mass is 16.6. The van der Waals surface area contributed by atoms with E-state index in [0.29, 0.717) is 11.6 Å². The van der Waals surface area contributed by atoms with Gasteiger partial charge in [0.15, 0.2) is 0 Å². The summed E-state index contributed by atoms with van der Waals surface area (Å²) in [7, 11) is 0. The zero-order chi connectivity index (χ0) is 24.5. The van der Waals surface area contributed by atoms with Crippen LogP contribution in [-0.4, -0.2) is 35.2 Å². The summed E-state index contributed by atoms with van der Waals surface area (Å²) in [4.78, 5) is 14.4. The molecule has 1 aromatic heterocycles. The van der Waals surface area contributed by atoms with Crippen molar-refractivity contribution in [3.05, 3.63) is 64.5 Å². The third-order valence-corrected chi connectivity index (χ3v) is 5.12. The highest BCUT2D eigenvalue weighted by Crippen LogP contribution is 2.30. The molecule has 0 amide bonds. The van der Waals surface area contributed by atoms with Crippen molar-refractivity contribution in [2.75, 3.05) is 13.2 Å². The van der Waals surface area contributed by atoms with E-state index in [1.54, 1.807) is 0 Å². The average molecular weight is 455 g/mol. The Bertz CT molecular complexity index is 986. The summed E-state index contributed by atoms with van der Waals surface area (Å²) >= 11 is 0. The van der Waals surface area contributed by atoms with Crippen molar-refractivity contribution >= 4 is 11.6 Å². The van der Waals surface area contributed by atoms with Gasteiger partial charge in [-0.05, 0) is 68.0 Å². The van der Waals surface area contributed by atoms with Crippen molar-refractivity contribution in [1.82, 2.24) is 4.98 Å². The Balaban J connectivity index is 2.39. The maximum absolute atomic E-state index is 9.78. The third kappa shape index (κ3) is 7.67. The van der Waals surface area contributed by atoms with Crippen molar-refractivity contribution in [3.8, 4) is 5.75 Å². The fourth-order valence-corrected chi connectivity index (χ4v) is 3.65. The molecule has 0 aliphatic heterocycles. The van der Waals surface area contributed by atoms with Crippen molar-refractivity contribution < 1.29 is 14.7 Å². The van der Waals surface area contributed by atoms with E-state index >= 15 is 0 Å². The number of nitrogens with two attached hydrogens (primary N) is 2. The van der Waals surface area contributed by atoms with Crippen molar-refractivity contribution in [3.63, 3.8) is 0 Å². The van der Waals surface area contributed by atoms with Gasteiger partial charge in [0.1, 0.15) is 18.5 Å². The predicted octanol–water partition coefficient (Wildman–Crippen LogP) is 3.86. The zero-order valence-electron chi connectivity index (χ0n) is 20.5. The lowest BCUT2D eigenvalue weighted by atomic mass is 10.00. The molecule has 33 heavy (non-hydrogen) atoms. The van der Waals surface area contributed by atoms with Crippen LogP contribution in [0.15, 0.2) is 35.8 Å². The van der Waals surface area contributed by atoms with Crippen LogP contribution in [-0.2, 0) is 17.7 Å². The highest BCUT2D eigenvalue weighted by molar-refractivity contribution is 5.97. The van der Waals surface area contributed by atoms with Crippen LogP contribution in [0.2, 0.25) is 0 Å². The Morgan fingerprint density at radius 1 is 1.18 bits per heavy atom. The standard InChI is InChI=1S/C26H38N4O3/c1-7-8-20-12-21(10-17(4)25(20)32-15-24(31)14-27)19(6)30-26(33-28)22-11-18(5)29-23(13-22)9-16(2)3/h10-13,16,24,31H,6-9,14-15,27-28H2,1-5H3/t24-/m0/s1. The van der Waals surface area contributed by atoms with E-state index in [9.17, 15) is 5.11 Å². The number of hydrogen-bond acceptors (Lipinski definition) is 7. The van der Waals surface area contributed by atoms with E-state index < -0.39 is 6.10 Å². The maximum atomic E-state index is 9.78. The molecule has 0 saturated carbocycles. The Hall–Kier alpha value is -2.74. The number of aliphatic imine (C=N–C) groups is 1. The van der Waals surface area contributed by atoms with Crippen LogP contribution < -0.4 is 16.4 Å². The van der Waals surface area contributed by atoms with Crippen LogP contribution in [0.3, 0.4) is 0 Å². The van der Waals surface area contributed by atoms with Crippen LogP contribution in [0.1, 0.15) is 60.8 Å². The lowest BCUT2D eigenvalue weighted by Gasteiger charge is -2.18. The molecule has 2 rings (SSSR count). The number of nitrogens with zero attached hydrogens (tertiary/aromatic N) is 2. The smallest absolute Gasteiger partial charge is 0.245 e. The number of aromatic nitrogens is 1. The van der Waals surface area contributed by atoms with Gasteiger partial charge in [-0.3, -0.25) is 4.98 Å². The van der Waals surface area contributed by atoms with Gasteiger partial charge in [0, 0.05) is 29.1 Å². The average Bonchev–Trinajstić information content (AvgIpc) is 2.75. The Morgan fingerprint density at radius 3 is 2.52 bits per heavy atom. The van der Waals surface area contributed by atoms with Gasteiger partial charge >= 0.3 is 0 Å². The number of aliphatic hydroxyl groups is 1. The van der Waals surface area contributed by atoms with E-state index in [-0.39, 0.29) is 19.0 Å². The lowest BCUT2D eigenvalue weighted by molar-refractivity contribution is 0.113. The number of ether oxygens (including phenoxy) is 1. The summed E-state index contributed by atoms with van der Waals surface area (Å²) in [6.07, 6.45) is 1.92. The molecule has 1 atom stereocenters. The molecule has 0 spiro atoms. The topological polar surface area (TPSA) is 116 Å². The molecule has 1 heterocycles. The Morgan fingerprint density at radius 2 is 1.91 bits per heavy atom. The first-order valence-electron chi connectivity index (χ1n) is 11.5. The first-order valence-corrected chi connectivity index (χ1v) is 11.5. The second kappa shape index (κ2) is 12.5. The summed E-state index contributed by atoms with van der Waals surface area (Å²) in [5.41, 5.74) is 11.5. The quantitative estimate of drug-likeness (QED) is 0.270. The normalized spacial score (nSPS) is 12.7. The van der Waals surface area contributed by atoms with Crippen LogP contribution >= 0.6 is 0 Å². The fourth-order valence-electron chi connectivity index (χ4n) is 3.65. The first kappa shape index (κ1) is 26.5. The number of rotatable bonds is 11. The monoisotopic (exact) mass is 454 g/mol. The SMILES string of the molecule is C=C(N=C(ON)c1cc(C)nc(CC(C)C)c1)c1cc(C)c(OC[C@@H](O)CN)c(CCC)c1. The number of benzene rings is 1. The van der Waals surface area contributed by atoms with E-state index in [1.807, 2.05) is 38.1 Å². The highest BCUT2D eigenvalue weighted by Gasteiger charge is 2.15. The first-order chi connectivity index (χ1) is 15.7. The van der Waals surface area contributed by atoms with Crippen molar-refractivity contribution in [2.24, 2.45) is 22.5 Å². The molecule has 0 unspecified atom stereocenters. The molecular weight excluding hydrogens is 416 g/mol. The van der Waals surface area contributed by atoms with Gasteiger partial charge in [-0.25, -0.2) is 4.99 Å². The molecule has 0 bridgehead atoms. The minimum atomic E-state index is -0.702. The van der Waals surface area contributed by atoms with Gasteiger partial charge in [-0.15, -0.1) is 0 Å². The van der Waals surface area contributed by atoms with Gasteiger partial charge in [0.05, 0.1) is 5.70 Å². The lowest BCUT2D eigenvalue weighted by Crippen LogP contribution is -2.27. The Kier molecular flexibility index (Phi) is 10.0. The molecule has 0 aliphatic rings. The van der Waals surface area contributed by atoms with Crippen molar-refractivity contribution in [2.45, 2.75) is 60.0 Å². The number of aliphatic hydroxyl groups excluding tert-OH is 1. The molecule has 0 aliphatic carbocycles. The molecule has 180 valence electrons. The van der Waals surface area contributed by atoms with Gasteiger partial charge in [0.2, 0.25) is 5.90 Å². The van der Waals surface area contributed by atoms with Crippen LogP contribution in [0, 0.1) is 19.8 Å².